The standard InChI is InChI=1S/C17H25N3S/c1-10-6-7-13(8-11(10)2)19-17-14(16(18)21)9-12-4-3-5-15(12)20-17/h9-11,13H,3-8H2,1-2H3,(H2,18,21)(H,19,20). The zero-order valence-electron chi connectivity index (χ0n) is 13.0. The minimum atomic E-state index is 0.455. The highest BCUT2D eigenvalue weighted by molar-refractivity contribution is 7.80. The Morgan fingerprint density at radius 3 is 2.81 bits per heavy atom. The Bertz CT molecular complexity index is 555. The molecule has 114 valence electrons. The molecule has 4 heteroatoms. The van der Waals surface area contributed by atoms with Crippen molar-refractivity contribution in [1.29, 1.82) is 0 Å². The number of hydrogen-bond acceptors (Lipinski definition) is 3. The largest absolute Gasteiger partial charge is 0.389 e. The molecule has 2 aliphatic carbocycles. The van der Waals surface area contributed by atoms with Crippen LogP contribution in [0.1, 0.15) is 56.4 Å². The summed E-state index contributed by atoms with van der Waals surface area (Å²) in [4.78, 5) is 5.29. The molecule has 0 aromatic carbocycles. The van der Waals surface area contributed by atoms with Crippen molar-refractivity contribution in [2.45, 2.75) is 58.4 Å². The fraction of sp³-hybridized carbons (Fsp3) is 0.647. The van der Waals surface area contributed by atoms with E-state index in [1.165, 1.54) is 36.9 Å². The van der Waals surface area contributed by atoms with Crippen molar-refractivity contribution in [3.05, 3.63) is 22.9 Å². The number of aromatic nitrogens is 1. The van der Waals surface area contributed by atoms with Gasteiger partial charge in [-0.05, 0) is 62.0 Å². The number of nitrogens with two attached hydrogens (primary N) is 1. The highest BCUT2D eigenvalue weighted by atomic mass is 32.1. The lowest BCUT2D eigenvalue weighted by atomic mass is 9.79. The summed E-state index contributed by atoms with van der Waals surface area (Å²) in [6.07, 6.45) is 7.08. The summed E-state index contributed by atoms with van der Waals surface area (Å²) in [5.41, 5.74) is 9.40. The van der Waals surface area contributed by atoms with Crippen molar-refractivity contribution in [2.75, 3.05) is 5.32 Å². The molecule has 0 spiro atoms. The van der Waals surface area contributed by atoms with Crippen molar-refractivity contribution in [3.63, 3.8) is 0 Å². The number of fused-ring (bicyclic) bond motifs is 1. The third-order valence-corrected chi connectivity index (χ3v) is 5.48. The van der Waals surface area contributed by atoms with Crippen LogP contribution >= 0.6 is 12.2 Å². The first kappa shape index (κ1) is 14.8. The minimum Gasteiger partial charge on any atom is -0.389 e. The van der Waals surface area contributed by atoms with E-state index in [0.717, 1.165) is 36.1 Å². The zero-order valence-corrected chi connectivity index (χ0v) is 13.8. The molecule has 0 amide bonds. The van der Waals surface area contributed by atoms with Gasteiger partial charge in [0, 0.05) is 11.7 Å². The quantitative estimate of drug-likeness (QED) is 0.840. The molecule has 3 N–H and O–H groups in total. The topological polar surface area (TPSA) is 50.9 Å². The number of hydrogen-bond donors (Lipinski definition) is 2. The molecule has 3 atom stereocenters. The minimum absolute atomic E-state index is 0.455. The molecule has 1 aromatic heterocycles. The van der Waals surface area contributed by atoms with Crippen molar-refractivity contribution in [2.24, 2.45) is 17.6 Å². The summed E-state index contributed by atoms with van der Waals surface area (Å²) in [6.45, 7) is 4.71. The summed E-state index contributed by atoms with van der Waals surface area (Å²) in [7, 11) is 0. The number of pyridine rings is 1. The van der Waals surface area contributed by atoms with Crippen LogP contribution in [0, 0.1) is 11.8 Å². The highest BCUT2D eigenvalue weighted by Crippen LogP contribution is 2.32. The van der Waals surface area contributed by atoms with Crippen molar-refractivity contribution < 1.29 is 0 Å². The fourth-order valence-corrected chi connectivity index (χ4v) is 3.80. The normalized spacial score (nSPS) is 28.2. The van der Waals surface area contributed by atoms with E-state index >= 15 is 0 Å². The maximum Gasteiger partial charge on any atom is 0.136 e. The van der Waals surface area contributed by atoms with Gasteiger partial charge >= 0.3 is 0 Å². The molecule has 21 heavy (non-hydrogen) atoms. The van der Waals surface area contributed by atoms with E-state index in [-0.39, 0.29) is 0 Å². The molecule has 3 rings (SSSR count). The van der Waals surface area contributed by atoms with E-state index in [4.69, 9.17) is 22.9 Å². The second kappa shape index (κ2) is 5.91. The van der Waals surface area contributed by atoms with E-state index in [1.54, 1.807) is 0 Å². The second-order valence-electron chi connectivity index (χ2n) is 6.82. The van der Waals surface area contributed by atoms with Gasteiger partial charge in [-0.3, -0.25) is 0 Å². The van der Waals surface area contributed by atoms with Crippen LogP contribution in [-0.4, -0.2) is 16.0 Å². The molecule has 0 radical (unpaired) electrons. The number of rotatable bonds is 3. The molecule has 0 saturated heterocycles. The van der Waals surface area contributed by atoms with Crippen molar-refractivity contribution in [1.82, 2.24) is 4.98 Å². The maximum absolute atomic E-state index is 5.91. The first-order chi connectivity index (χ1) is 10.0. The Morgan fingerprint density at radius 2 is 2.10 bits per heavy atom. The SMILES string of the molecule is CC1CCC(Nc2nc3c(cc2C(N)=S)CCC3)CC1C. The van der Waals surface area contributed by atoms with Gasteiger partial charge in [0.25, 0.3) is 0 Å². The van der Waals surface area contributed by atoms with Crippen LogP contribution in [-0.2, 0) is 12.8 Å². The third kappa shape index (κ3) is 3.05. The summed E-state index contributed by atoms with van der Waals surface area (Å²) in [6, 6.07) is 2.66. The van der Waals surface area contributed by atoms with Crippen LogP contribution in [0.5, 0.6) is 0 Å². The third-order valence-electron chi connectivity index (χ3n) is 5.26. The van der Waals surface area contributed by atoms with E-state index in [0.29, 0.717) is 11.0 Å². The van der Waals surface area contributed by atoms with E-state index in [9.17, 15) is 0 Å². The molecule has 2 aliphatic rings. The van der Waals surface area contributed by atoms with Gasteiger partial charge in [-0.2, -0.15) is 0 Å². The van der Waals surface area contributed by atoms with Crippen LogP contribution < -0.4 is 11.1 Å². The van der Waals surface area contributed by atoms with Gasteiger partial charge in [0.1, 0.15) is 10.8 Å². The van der Waals surface area contributed by atoms with Gasteiger partial charge in [0.15, 0.2) is 0 Å². The summed E-state index contributed by atoms with van der Waals surface area (Å²) in [5.74, 6) is 2.50. The zero-order chi connectivity index (χ0) is 15.0. The summed E-state index contributed by atoms with van der Waals surface area (Å²) < 4.78 is 0. The summed E-state index contributed by atoms with van der Waals surface area (Å²) in [5, 5.41) is 3.63. The van der Waals surface area contributed by atoms with E-state index in [1.807, 2.05) is 0 Å². The molecule has 1 fully saturated rings. The smallest absolute Gasteiger partial charge is 0.136 e. The average Bonchev–Trinajstić information content (AvgIpc) is 2.89. The maximum atomic E-state index is 5.91. The number of anilines is 1. The Morgan fingerprint density at radius 1 is 1.29 bits per heavy atom. The van der Waals surface area contributed by atoms with E-state index < -0.39 is 0 Å². The lowest BCUT2D eigenvalue weighted by Gasteiger charge is -2.33. The number of nitrogens with zero attached hydrogens (tertiary/aromatic N) is 1. The number of aryl methyl sites for hydroxylation is 2. The van der Waals surface area contributed by atoms with Crippen LogP contribution in [0.15, 0.2) is 6.07 Å². The van der Waals surface area contributed by atoms with Gasteiger partial charge in [0.05, 0.1) is 5.56 Å². The molecular formula is C17H25N3S. The first-order valence-corrected chi connectivity index (χ1v) is 8.54. The van der Waals surface area contributed by atoms with Crippen LogP contribution in [0.2, 0.25) is 0 Å². The highest BCUT2D eigenvalue weighted by Gasteiger charge is 2.26. The Labute approximate surface area is 132 Å². The number of thiocarbonyl (C=S) groups is 1. The number of nitrogens with one attached hydrogen (secondary N) is 1. The molecular weight excluding hydrogens is 278 g/mol. The molecule has 1 heterocycles. The Balaban J connectivity index is 1.83. The van der Waals surface area contributed by atoms with Gasteiger partial charge in [-0.15, -0.1) is 0 Å². The van der Waals surface area contributed by atoms with Gasteiger partial charge in [-0.25, -0.2) is 4.98 Å². The molecule has 0 aliphatic heterocycles. The fourth-order valence-electron chi connectivity index (χ4n) is 3.64. The van der Waals surface area contributed by atoms with E-state index in [2.05, 4.69) is 25.2 Å². The summed E-state index contributed by atoms with van der Waals surface area (Å²) >= 11 is 5.23. The average molecular weight is 303 g/mol. The van der Waals surface area contributed by atoms with Crippen molar-refractivity contribution >= 4 is 23.0 Å². The lowest BCUT2D eigenvalue weighted by Crippen LogP contribution is -2.31. The molecule has 1 saturated carbocycles. The van der Waals surface area contributed by atoms with Crippen LogP contribution in [0.4, 0.5) is 5.82 Å². The Kier molecular flexibility index (Phi) is 4.16. The van der Waals surface area contributed by atoms with Gasteiger partial charge in [-0.1, -0.05) is 26.1 Å². The van der Waals surface area contributed by atoms with Crippen LogP contribution in [0.25, 0.3) is 0 Å². The molecule has 3 nitrogen and oxygen atoms in total. The predicted octanol–water partition coefficient (Wildman–Crippen LogP) is 3.44. The molecule has 3 unspecified atom stereocenters. The monoisotopic (exact) mass is 303 g/mol. The second-order valence-corrected chi connectivity index (χ2v) is 7.26. The molecule has 0 bridgehead atoms. The first-order valence-electron chi connectivity index (χ1n) is 8.13. The van der Waals surface area contributed by atoms with Crippen molar-refractivity contribution in [3.8, 4) is 0 Å². The van der Waals surface area contributed by atoms with Gasteiger partial charge < -0.3 is 11.1 Å². The molecule has 1 aromatic rings. The lowest BCUT2D eigenvalue weighted by molar-refractivity contribution is 0.260. The van der Waals surface area contributed by atoms with Crippen LogP contribution in [0.3, 0.4) is 0 Å². The Hall–Kier alpha value is -1.16. The predicted molar refractivity (Wildman–Crippen MR) is 91.7 cm³/mol. The van der Waals surface area contributed by atoms with Gasteiger partial charge in [0.2, 0.25) is 0 Å².